The van der Waals surface area contributed by atoms with Crippen molar-refractivity contribution in [2.45, 2.75) is 13.0 Å². The number of methoxy groups -OCH3 is 2. The first kappa shape index (κ1) is 21.5. The molecule has 0 radical (unpaired) electrons. The summed E-state index contributed by atoms with van der Waals surface area (Å²) in [7, 11) is 3.23. The van der Waals surface area contributed by atoms with E-state index < -0.39 is 0 Å². The number of nitrogens with zero attached hydrogens (tertiary/aromatic N) is 4. The molecule has 0 aliphatic heterocycles. The summed E-state index contributed by atoms with van der Waals surface area (Å²) in [6, 6.07) is 15.7. The molecule has 0 aliphatic carbocycles. The molecule has 0 fully saturated rings. The Balaban J connectivity index is 1.57. The molecule has 1 N–H and O–H groups in total. The lowest BCUT2D eigenvalue weighted by atomic mass is 10.1. The largest absolute Gasteiger partial charge is 0.493 e. The van der Waals surface area contributed by atoms with Gasteiger partial charge in [-0.05, 0) is 48.9 Å². The molecule has 4 aromatic rings. The highest BCUT2D eigenvalue weighted by molar-refractivity contribution is 5.60. The van der Waals surface area contributed by atoms with Gasteiger partial charge in [0.05, 0.1) is 25.3 Å². The van der Waals surface area contributed by atoms with Gasteiger partial charge in [0.2, 0.25) is 0 Å². The van der Waals surface area contributed by atoms with Crippen molar-refractivity contribution in [1.82, 2.24) is 19.8 Å². The number of hydrogen-bond acceptors (Lipinski definition) is 7. The first-order valence-corrected chi connectivity index (χ1v) is 10.1. The number of aromatic nitrogens is 4. The molecule has 2 aromatic heterocycles. The van der Waals surface area contributed by atoms with E-state index in [1.807, 2.05) is 31.2 Å². The van der Waals surface area contributed by atoms with Crippen molar-refractivity contribution in [1.29, 1.82) is 0 Å². The zero-order valence-electron chi connectivity index (χ0n) is 18.1. The number of nitrogens with one attached hydrogen (secondary N) is 1. The highest BCUT2D eigenvalue weighted by Gasteiger charge is 2.15. The Labute approximate surface area is 185 Å². The van der Waals surface area contributed by atoms with Crippen molar-refractivity contribution in [3.8, 4) is 22.9 Å². The van der Waals surface area contributed by atoms with Gasteiger partial charge in [-0.15, -0.1) is 15.3 Å². The fourth-order valence-electron chi connectivity index (χ4n) is 3.29. The lowest BCUT2D eigenvalue weighted by Gasteiger charge is -2.17. The zero-order chi connectivity index (χ0) is 22.5. The minimum Gasteiger partial charge on any atom is -0.493 e. The Bertz CT molecular complexity index is 1210. The predicted octanol–water partition coefficient (Wildman–Crippen LogP) is 4.14. The fraction of sp³-hybridized carbons (Fsp3) is 0.261. The third-order valence-electron chi connectivity index (χ3n) is 4.97. The van der Waals surface area contributed by atoms with Crippen LogP contribution in [0.3, 0.4) is 0 Å². The number of fused-ring (bicyclic) bond motifs is 1. The monoisotopic (exact) mass is 437 g/mol. The van der Waals surface area contributed by atoms with E-state index in [1.165, 1.54) is 10.6 Å². The maximum Gasteiger partial charge on any atom is 0.188 e. The number of hydrogen-bond donors (Lipinski definition) is 1. The standard InChI is InChI=1S/C23H24FN5O3/c1-15(16-8-9-19(20(14-16)31-3)32-13-12-30-2)25-21-10-11-22-26-27-23(29(22)28-21)17-6-4-5-7-18(17)24/h4-11,14-15H,12-13H2,1-3H3,(H,25,28). The molecule has 0 spiro atoms. The molecule has 0 amide bonds. The lowest BCUT2D eigenvalue weighted by molar-refractivity contribution is 0.144. The topological polar surface area (TPSA) is 82.8 Å². The van der Waals surface area contributed by atoms with Gasteiger partial charge < -0.3 is 19.5 Å². The summed E-state index contributed by atoms with van der Waals surface area (Å²) < 4.78 is 32.0. The third-order valence-corrected chi connectivity index (χ3v) is 4.97. The highest BCUT2D eigenvalue weighted by Crippen LogP contribution is 2.31. The number of halogens is 1. The van der Waals surface area contributed by atoms with E-state index in [0.717, 1.165) is 5.56 Å². The Morgan fingerprint density at radius 2 is 1.84 bits per heavy atom. The van der Waals surface area contributed by atoms with Crippen molar-refractivity contribution in [3.05, 3.63) is 66.0 Å². The van der Waals surface area contributed by atoms with E-state index in [2.05, 4.69) is 20.6 Å². The molecule has 1 atom stereocenters. The van der Waals surface area contributed by atoms with Gasteiger partial charge in [-0.2, -0.15) is 4.52 Å². The maximum absolute atomic E-state index is 14.3. The third kappa shape index (κ3) is 4.47. The molecule has 2 heterocycles. The van der Waals surface area contributed by atoms with Gasteiger partial charge in [-0.3, -0.25) is 0 Å². The molecular weight excluding hydrogens is 413 g/mol. The van der Waals surface area contributed by atoms with E-state index >= 15 is 0 Å². The molecule has 0 saturated heterocycles. The molecular formula is C23H24FN5O3. The molecule has 32 heavy (non-hydrogen) atoms. The van der Waals surface area contributed by atoms with Crippen LogP contribution in [0.5, 0.6) is 11.5 Å². The van der Waals surface area contributed by atoms with Crippen LogP contribution in [0.1, 0.15) is 18.5 Å². The van der Waals surface area contributed by atoms with Gasteiger partial charge >= 0.3 is 0 Å². The van der Waals surface area contributed by atoms with Crippen LogP contribution in [0, 0.1) is 5.82 Å². The number of rotatable bonds is 9. The Morgan fingerprint density at radius 1 is 1.00 bits per heavy atom. The summed E-state index contributed by atoms with van der Waals surface area (Å²) in [5.74, 6) is 1.85. The van der Waals surface area contributed by atoms with Crippen LogP contribution in [-0.4, -0.2) is 47.2 Å². The van der Waals surface area contributed by atoms with Crippen LogP contribution in [0.2, 0.25) is 0 Å². The predicted molar refractivity (Wildman–Crippen MR) is 119 cm³/mol. The van der Waals surface area contributed by atoms with Crippen molar-refractivity contribution < 1.29 is 18.6 Å². The molecule has 166 valence electrons. The van der Waals surface area contributed by atoms with Crippen LogP contribution < -0.4 is 14.8 Å². The van der Waals surface area contributed by atoms with Crippen LogP contribution in [0.25, 0.3) is 17.0 Å². The SMILES string of the molecule is COCCOc1ccc(C(C)Nc2ccc3nnc(-c4ccccc4F)n3n2)cc1OC. The summed E-state index contributed by atoms with van der Waals surface area (Å²) in [5.41, 5.74) is 1.85. The van der Waals surface area contributed by atoms with Crippen LogP contribution in [0.4, 0.5) is 10.2 Å². The maximum atomic E-state index is 14.3. The van der Waals surface area contributed by atoms with E-state index in [4.69, 9.17) is 14.2 Å². The normalized spacial score (nSPS) is 12.0. The molecule has 1 unspecified atom stereocenters. The lowest BCUT2D eigenvalue weighted by Crippen LogP contribution is -2.10. The summed E-state index contributed by atoms with van der Waals surface area (Å²) in [6.07, 6.45) is 0. The average Bonchev–Trinajstić information content (AvgIpc) is 3.22. The van der Waals surface area contributed by atoms with E-state index in [-0.39, 0.29) is 11.9 Å². The van der Waals surface area contributed by atoms with Crippen molar-refractivity contribution in [3.63, 3.8) is 0 Å². The first-order chi connectivity index (χ1) is 15.6. The van der Waals surface area contributed by atoms with Gasteiger partial charge in [0, 0.05) is 7.11 Å². The second kappa shape index (κ2) is 9.61. The second-order valence-corrected chi connectivity index (χ2v) is 7.11. The Kier molecular flexibility index (Phi) is 6.46. The summed E-state index contributed by atoms with van der Waals surface area (Å²) in [4.78, 5) is 0. The van der Waals surface area contributed by atoms with Crippen molar-refractivity contribution >= 4 is 11.5 Å². The van der Waals surface area contributed by atoms with Crippen LogP contribution >= 0.6 is 0 Å². The number of benzene rings is 2. The minimum absolute atomic E-state index is 0.0877. The number of ether oxygens (including phenoxy) is 3. The second-order valence-electron chi connectivity index (χ2n) is 7.11. The van der Waals surface area contributed by atoms with Gasteiger partial charge in [-0.25, -0.2) is 4.39 Å². The number of anilines is 1. The molecule has 2 aromatic carbocycles. The summed E-state index contributed by atoms with van der Waals surface area (Å²) in [6.45, 7) is 2.94. The molecule has 0 saturated carbocycles. The highest BCUT2D eigenvalue weighted by atomic mass is 19.1. The quantitative estimate of drug-likeness (QED) is 0.394. The molecule has 8 nitrogen and oxygen atoms in total. The fourth-order valence-corrected chi connectivity index (χ4v) is 3.29. The minimum atomic E-state index is -0.379. The van der Waals surface area contributed by atoms with Crippen LogP contribution in [0.15, 0.2) is 54.6 Å². The van der Waals surface area contributed by atoms with Gasteiger partial charge in [0.25, 0.3) is 0 Å². The van der Waals surface area contributed by atoms with E-state index in [1.54, 1.807) is 38.5 Å². The molecule has 0 aliphatic rings. The summed E-state index contributed by atoms with van der Waals surface area (Å²) >= 11 is 0. The van der Waals surface area contributed by atoms with E-state index in [9.17, 15) is 4.39 Å². The first-order valence-electron chi connectivity index (χ1n) is 10.1. The average molecular weight is 437 g/mol. The zero-order valence-corrected chi connectivity index (χ0v) is 18.1. The summed E-state index contributed by atoms with van der Waals surface area (Å²) in [5, 5.41) is 16.1. The molecule has 0 bridgehead atoms. The Morgan fingerprint density at radius 3 is 2.62 bits per heavy atom. The van der Waals surface area contributed by atoms with E-state index in [0.29, 0.717) is 47.6 Å². The Hall–Kier alpha value is -3.72. The van der Waals surface area contributed by atoms with Gasteiger partial charge in [0.1, 0.15) is 18.2 Å². The van der Waals surface area contributed by atoms with Gasteiger partial charge in [0.15, 0.2) is 23.0 Å². The van der Waals surface area contributed by atoms with Crippen molar-refractivity contribution in [2.24, 2.45) is 0 Å². The molecule has 9 heteroatoms. The van der Waals surface area contributed by atoms with Gasteiger partial charge in [-0.1, -0.05) is 18.2 Å². The van der Waals surface area contributed by atoms with Crippen molar-refractivity contribution in [2.75, 3.05) is 32.8 Å². The smallest absolute Gasteiger partial charge is 0.188 e. The molecule has 4 rings (SSSR count). The van der Waals surface area contributed by atoms with Crippen LogP contribution in [-0.2, 0) is 4.74 Å².